The van der Waals surface area contributed by atoms with Gasteiger partial charge in [0.05, 0.1) is 11.0 Å². The van der Waals surface area contributed by atoms with Crippen LogP contribution < -0.4 is 15.7 Å². The van der Waals surface area contributed by atoms with Gasteiger partial charge in [-0.2, -0.15) is 0 Å². The van der Waals surface area contributed by atoms with E-state index >= 15 is 0 Å². The molecule has 296 valence electrons. The second kappa shape index (κ2) is 11.6. The topological polar surface area (TPSA) is 34.5 Å². The van der Waals surface area contributed by atoms with Gasteiger partial charge in [0.15, 0.2) is 0 Å². The number of hydrogen-bond acceptors (Lipinski definition) is 4. The van der Waals surface area contributed by atoms with Crippen molar-refractivity contribution in [3.63, 3.8) is 0 Å². The van der Waals surface area contributed by atoms with E-state index in [1.54, 1.807) is 0 Å². The van der Waals surface area contributed by atoms with E-state index in [-0.39, 0.29) is 17.7 Å². The van der Waals surface area contributed by atoms with E-state index in [0.29, 0.717) is 0 Å². The molecule has 6 heteroatoms. The summed E-state index contributed by atoms with van der Waals surface area (Å²) >= 11 is 1.88. The Balaban J connectivity index is 1.15. The van der Waals surface area contributed by atoms with Crippen molar-refractivity contribution in [2.24, 2.45) is 0 Å². The van der Waals surface area contributed by atoms with Crippen molar-refractivity contribution in [2.75, 3.05) is 4.81 Å². The minimum atomic E-state index is -0.130. The molecule has 0 fully saturated rings. The first-order valence-corrected chi connectivity index (χ1v) is 22.6. The lowest BCUT2D eigenvalue weighted by atomic mass is 9.44. The third kappa shape index (κ3) is 4.52. The van der Waals surface area contributed by atoms with Crippen LogP contribution in [0.25, 0.3) is 103 Å². The third-order valence-electron chi connectivity index (χ3n) is 14.1. The molecule has 14 rings (SSSR count). The van der Waals surface area contributed by atoms with E-state index in [4.69, 9.17) is 8.83 Å². The van der Waals surface area contributed by atoms with E-state index in [9.17, 15) is 0 Å². The Bertz CT molecular complexity index is 3960. The summed E-state index contributed by atoms with van der Waals surface area (Å²) in [6.07, 6.45) is 0. The van der Waals surface area contributed by atoms with Gasteiger partial charge in [0.1, 0.15) is 22.3 Å². The average molecular weight is 817 g/mol. The van der Waals surface area contributed by atoms with E-state index < -0.39 is 0 Å². The molecule has 0 saturated heterocycles. The highest BCUT2D eigenvalue weighted by Gasteiger charge is 2.45. The number of thiophene rings is 1. The summed E-state index contributed by atoms with van der Waals surface area (Å²) in [7, 11) is 0. The fourth-order valence-electron chi connectivity index (χ4n) is 11.0. The van der Waals surface area contributed by atoms with Gasteiger partial charge in [-0.05, 0) is 99.1 Å². The summed E-state index contributed by atoms with van der Waals surface area (Å²) in [5.74, 6) is 0. The minimum Gasteiger partial charge on any atom is -0.456 e. The summed E-state index contributed by atoms with van der Waals surface area (Å²) in [4.78, 5) is 2.63. The second-order valence-electron chi connectivity index (χ2n) is 19.7. The fraction of sp³-hybridized carbons (Fsp3) is 0.143. The summed E-state index contributed by atoms with van der Waals surface area (Å²) in [6.45, 7) is 13.6. The van der Waals surface area contributed by atoms with Crippen molar-refractivity contribution in [3.8, 4) is 16.8 Å². The Hall–Kier alpha value is -6.76. The van der Waals surface area contributed by atoms with Gasteiger partial charge in [-0.25, -0.2) is 0 Å². The van der Waals surface area contributed by atoms with E-state index in [0.717, 1.165) is 55.3 Å². The van der Waals surface area contributed by atoms with Crippen LogP contribution in [-0.2, 0) is 10.8 Å². The number of rotatable bonds is 1. The summed E-state index contributed by atoms with van der Waals surface area (Å²) < 4.78 is 18.7. The number of benzene rings is 8. The normalized spacial score (nSPS) is 13.9. The highest BCUT2D eigenvalue weighted by atomic mass is 32.1. The smallest absolute Gasteiger partial charge is 0.333 e. The Morgan fingerprint density at radius 3 is 1.97 bits per heavy atom. The molecule has 0 aliphatic carbocycles. The second-order valence-corrected chi connectivity index (χ2v) is 20.8. The molecule has 8 aromatic carbocycles. The fourth-order valence-corrected chi connectivity index (χ4v) is 12.1. The van der Waals surface area contributed by atoms with Crippen LogP contribution in [-0.4, -0.2) is 11.4 Å². The van der Waals surface area contributed by atoms with Gasteiger partial charge < -0.3 is 18.2 Å². The lowest BCUT2D eigenvalue weighted by molar-refractivity contribution is 0.590. The van der Waals surface area contributed by atoms with Crippen LogP contribution in [0.5, 0.6) is 0 Å². The predicted molar refractivity (Wildman–Crippen MR) is 265 cm³/mol. The van der Waals surface area contributed by atoms with Crippen LogP contribution in [0.15, 0.2) is 148 Å². The molecule has 0 unspecified atom stereocenters. The Kier molecular flexibility index (Phi) is 6.52. The zero-order valence-corrected chi connectivity index (χ0v) is 36.3. The quantitative estimate of drug-likeness (QED) is 0.155. The van der Waals surface area contributed by atoms with Gasteiger partial charge in [0.2, 0.25) is 0 Å². The highest BCUT2D eigenvalue weighted by Crippen LogP contribution is 2.49. The predicted octanol–water partition coefficient (Wildman–Crippen LogP) is 14.8. The zero-order chi connectivity index (χ0) is 41.6. The molecule has 0 bridgehead atoms. The molecular weight excluding hydrogens is 776 g/mol. The lowest BCUT2D eigenvalue weighted by Crippen LogP contribution is -2.60. The molecule has 0 N–H and O–H groups in total. The zero-order valence-electron chi connectivity index (χ0n) is 35.5. The molecular formula is C56H41BN2O2S. The van der Waals surface area contributed by atoms with Gasteiger partial charge in [-0.3, -0.25) is 0 Å². The summed E-state index contributed by atoms with van der Waals surface area (Å²) in [5, 5.41) is 9.71. The van der Waals surface area contributed by atoms with E-state index in [2.05, 4.69) is 190 Å². The lowest BCUT2D eigenvalue weighted by Gasteiger charge is -2.42. The first kappa shape index (κ1) is 34.9. The van der Waals surface area contributed by atoms with Crippen LogP contribution in [0.2, 0.25) is 0 Å². The van der Waals surface area contributed by atoms with Crippen LogP contribution in [0, 0.1) is 0 Å². The number of furan rings is 2. The monoisotopic (exact) mass is 816 g/mol. The Labute approximate surface area is 362 Å². The SMILES string of the molecule is CC(C)(C)c1ccc(N2B3c4cc5c(cc4-n4c6cc7c(cc6c6ccc(c3c64)-c3cc4oc6ccc(C(C)(C)C)cc6c4cc32)sc2ccccc27)oc2ccccc25)cc1. The van der Waals surface area contributed by atoms with Crippen LogP contribution in [0.4, 0.5) is 11.4 Å². The number of para-hydroxylation sites is 1. The molecule has 0 amide bonds. The number of nitrogens with zero attached hydrogens (tertiary/aromatic N) is 2. The molecule has 6 heterocycles. The van der Waals surface area contributed by atoms with Crippen molar-refractivity contribution >= 4 is 126 Å². The van der Waals surface area contributed by atoms with Gasteiger partial charge in [-0.15, -0.1) is 11.3 Å². The van der Waals surface area contributed by atoms with Gasteiger partial charge in [-0.1, -0.05) is 114 Å². The Morgan fingerprint density at radius 2 is 1.16 bits per heavy atom. The molecule has 4 nitrogen and oxygen atoms in total. The minimum absolute atomic E-state index is 0.00617. The maximum atomic E-state index is 6.77. The first-order valence-electron chi connectivity index (χ1n) is 21.8. The number of anilines is 2. The molecule has 0 spiro atoms. The third-order valence-corrected chi connectivity index (χ3v) is 15.2. The average Bonchev–Trinajstić information content (AvgIpc) is 4.01. The highest BCUT2D eigenvalue weighted by molar-refractivity contribution is 7.25. The van der Waals surface area contributed by atoms with Crippen molar-refractivity contribution in [1.82, 2.24) is 4.57 Å². The van der Waals surface area contributed by atoms with Crippen LogP contribution >= 0.6 is 11.3 Å². The molecule has 4 aromatic heterocycles. The summed E-state index contributed by atoms with van der Waals surface area (Å²) in [5.41, 5.74) is 17.3. The molecule has 2 aliphatic rings. The van der Waals surface area contributed by atoms with E-state index in [1.165, 1.54) is 80.8 Å². The largest absolute Gasteiger partial charge is 0.456 e. The van der Waals surface area contributed by atoms with Gasteiger partial charge in [0.25, 0.3) is 0 Å². The van der Waals surface area contributed by atoms with Crippen molar-refractivity contribution < 1.29 is 8.83 Å². The van der Waals surface area contributed by atoms with Crippen LogP contribution in [0.3, 0.4) is 0 Å². The Morgan fingerprint density at radius 1 is 0.468 bits per heavy atom. The van der Waals surface area contributed by atoms with Crippen LogP contribution in [0.1, 0.15) is 52.7 Å². The molecule has 0 atom stereocenters. The standard InChI is InChI=1S/C56H41BN2O2S/c1-55(2,3)30-15-18-32(19-16-30)59-45-25-41-39-23-31(56(4,5)6)17-22-48(39)61-49(41)27-37(45)35-20-21-36-38-28-52-42(34-12-8-10-14-51(34)62-52)26-44(38)58-46-29-50-40(33-11-7-9-13-47(33)60-50)24-43(46)57(59)53(35)54(36)58/h7-29H,1-6H3. The van der Waals surface area contributed by atoms with E-state index in [1.807, 2.05) is 11.3 Å². The first-order chi connectivity index (χ1) is 30.0. The van der Waals surface area contributed by atoms with Crippen molar-refractivity contribution in [3.05, 3.63) is 151 Å². The molecule has 2 aliphatic heterocycles. The molecule has 62 heavy (non-hydrogen) atoms. The maximum absolute atomic E-state index is 6.77. The van der Waals surface area contributed by atoms with Crippen molar-refractivity contribution in [1.29, 1.82) is 0 Å². The number of aromatic nitrogens is 1. The van der Waals surface area contributed by atoms with Gasteiger partial charge >= 0.3 is 6.85 Å². The molecule has 0 radical (unpaired) electrons. The van der Waals surface area contributed by atoms with Crippen molar-refractivity contribution in [2.45, 2.75) is 52.4 Å². The molecule has 0 saturated carbocycles. The summed E-state index contributed by atoms with van der Waals surface area (Å²) in [6, 6.07) is 52.6. The maximum Gasteiger partial charge on any atom is 0.333 e. The molecule has 12 aromatic rings. The number of hydrogen-bond donors (Lipinski definition) is 0. The number of fused-ring (bicyclic) bond motifs is 17. The van der Waals surface area contributed by atoms with Gasteiger partial charge in [0, 0.05) is 81.2 Å².